The molecular formula is C21H20F3N7O3. The highest BCUT2D eigenvalue weighted by Crippen LogP contribution is 2.29. The van der Waals surface area contributed by atoms with Crippen molar-refractivity contribution in [3.05, 3.63) is 59.8 Å². The Labute approximate surface area is 191 Å². The largest absolute Gasteiger partial charge is 0.474 e. The van der Waals surface area contributed by atoms with Gasteiger partial charge in [-0.15, -0.1) is 0 Å². The second kappa shape index (κ2) is 9.87. The molecule has 10 nitrogen and oxygen atoms in total. The summed E-state index contributed by atoms with van der Waals surface area (Å²) in [6, 6.07) is 3.91. The highest BCUT2D eigenvalue weighted by atomic mass is 19.4. The van der Waals surface area contributed by atoms with E-state index in [1.54, 1.807) is 12.1 Å². The van der Waals surface area contributed by atoms with Gasteiger partial charge in [0.25, 0.3) is 11.8 Å². The molecule has 1 fully saturated rings. The van der Waals surface area contributed by atoms with Gasteiger partial charge in [-0.05, 0) is 38.1 Å². The zero-order valence-corrected chi connectivity index (χ0v) is 17.6. The molecule has 0 saturated carbocycles. The van der Waals surface area contributed by atoms with Gasteiger partial charge in [-0.25, -0.2) is 4.98 Å². The molecule has 2 amide bonds. The van der Waals surface area contributed by atoms with Crippen LogP contribution >= 0.6 is 0 Å². The Bertz CT molecular complexity index is 1160. The summed E-state index contributed by atoms with van der Waals surface area (Å²) in [5.41, 5.74) is -1.20. The molecule has 0 radical (unpaired) electrons. The van der Waals surface area contributed by atoms with Crippen LogP contribution in [0.4, 0.5) is 24.5 Å². The molecule has 0 unspecified atom stereocenters. The van der Waals surface area contributed by atoms with Gasteiger partial charge in [-0.2, -0.15) is 18.3 Å². The number of pyridine rings is 2. The van der Waals surface area contributed by atoms with Crippen molar-refractivity contribution in [1.29, 1.82) is 0 Å². The Morgan fingerprint density at radius 2 is 1.85 bits per heavy atom. The average Bonchev–Trinajstić information content (AvgIpc) is 3.29. The van der Waals surface area contributed by atoms with Gasteiger partial charge in [0, 0.05) is 24.7 Å². The molecule has 34 heavy (non-hydrogen) atoms. The van der Waals surface area contributed by atoms with Crippen LogP contribution < -0.4 is 20.7 Å². The first-order chi connectivity index (χ1) is 16.3. The van der Waals surface area contributed by atoms with Crippen molar-refractivity contribution >= 4 is 23.2 Å². The molecule has 1 aliphatic heterocycles. The SMILES string of the molecule is O=C(Nc1c[nH]nc1C(=O)Nc1ccc(OC2CCNCC2)nc1)c1cncc(C(F)(F)F)c1. The minimum Gasteiger partial charge on any atom is -0.474 e. The number of carbonyl (C=O) groups excluding carboxylic acids is 2. The number of nitrogens with zero attached hydrogens (tertiary/aromatic N) is 3. The second-order valence-corrected chi connectivity index (χ2v) is 7.47. The molecule has 3 aromatic heterocycles. The summed E-state index contributed by atoms with van der Waals surface area (Å²) in [7, 11) is 0. The Hall–Kier alpha value is -4.00. The van der Waals surface area contributed by atoms with Gasteiger partial charge in [-0.3, -0.25) is 19.7 Å². The summed E-state index contributed by atoms with van der Waals surface area (Å²) in [4.78, 5) is 32.7. The Kier molecular flexibility index (Phi) is 6.72. The molecule has 0 bridgehead atoms. The minimum absolute atomic E-state index is 0.0151. The fourth-order valence-corrected chi connectivity index (χ4v) is 3.27. The lowest BCUT2D eigenvalue weighted by atomic mass is 10.1. The number of aromatic nitrogens is 4. The molecule has 0 aliphatic carbocycles. The van der Waals surface area contributed by atoms with Gasteiger partial charge < -0.3 is 20.7 Å². The Morgan fingerprint density at radius 1 is 1.06 bits per heavy atom. The van der Waals surface area contributed by atoms with E-state index in [2.05, 4.69) is 36.1 Å². The van der Waals surface area contributed by atoms with Crippen molar-refractivity contribution in [2.45, 2.75) is 25.1 Å². The number of amides is 2. The number of piperidine rings is 1. The van der Waals surface area contributed by atoms with Gasteiger partial charge in [0.2, 0.25) is 5.88 Å². The van der Waals surface area contributed by atoms with E-state index in [-0.39, 0.29) is 23.0 Å². The van der Waals surface area contributed by atoms with Crippen molar-refractivity contribution in [1.82, 2.24) is 25.5 Å². The van der Waals surface area contributed by atoms with Crippen LogP contribution in [0.25, 0.3) is 0 Å². The van der Waals surface area contributed by atoms with Gasteiger partial charge in [0.1, 0.15) is 6.10 Å². The highest BCUT2D eigenvalue weighted by molar-refractivity contribution is 6.11. The normalized spacial score (nSPS) is 14.4. The first kappa shape index (κ1) is 23.2. The standard InChI is InChI=1S/C21H20F3N7O3/c22-21(23,24)13-7-12(8-26-9-13)19(32)30-16-11-28-31-18(16)20(33)29-14-1-2-17(27-10-14)34-15-3-5-25-6-4-15/h1-2,7-11,15,25H,3-6H2,(H,28,31)(H,29,33)(H,30,32). The molecule has 1 saturated heterocycles. The van der Waals surface area contributed by atoms with E-state index in [0.717, 1.165) is 32.1 Å². The predicted molar refractivity (Wildman–Crippen MR) is 114 cm³/mol. The van der Waals surface area contributed by atoms with Crippen LogP contribution in [-0.4, -0.2) is 51.2 Å². The summed E-state index contributed by atoms with van der Waals surface area (Å²) in [5.74, 6) is -1.10. The number of nitrogens with one attached hydrogen (secondary N) is 4. The summed E-state index contributed by atoms with van der Waals surface area (Å²) in [6.45, 7) is 1.76. The van der Waals surface area contributed by atoms with Crippen LogP contribution in [0.15, 0.2) is 43.0 Å². The van der Waals surface area contributed by atoms with E-state index < -0.39 is 23.6 Å². The summed E-state index contributed by atoms with van der Waals surface area (Å²) >= 11 is 0. The number of carbonyl (C=O) groups is 2. The lowest BCUT2D eigenvalue weighted by molar-refractivity contribution is -0.137. The molecular weight excluding hydrogens is 455 g/mol. The fourth-order valence-electron chi connectivity index (χ4n) is 3.27. The monoisotopic (exact) mass is 475 g/mol. The molecule has 4 heterocycles. The number of aromatic amines is 1. The zero-order valence-electron chi connectivity index (χ0n) is 17.6. The molecule has 13 heteroatoms. The van der Waals surface area contributed by atoms with Crippen molar-refractivity contribution in [2.24, 2.45) is 0 Å². The van der Waals surface area contributed by atoms with Crippen molar-refractivity contribution in [3.8, 4) is 5.88 Å². The topological polar surface area (TPSA) is 134 Å². The fraction of sp³-hybridized carbons (Fsp3) is 0.286. The van der Waals surface area contributed by atoms with Gasteiger partial charge in [0.15, 0.2) is 5.69 Å². The Morgan fingerprint density at radius 3 is 2.56 bits per heavy atom. The Balaban J connectivity index is 1.39. The lowest BCUT2D eigenvalue weighted by Gasteiger charge is -2.23. The number of rotatable bonds is 6. The van der Waals surface area contributed by atoms with Crippen LogP contribution in [0.3, 0.4) is 0 Å². The first-order valence-electron chi connectivity index (χ1n) is 10.3. The third-order valence-electron chi connectivity index (χ3n) is 5.00. The predicted octanol–water partition coefficient (Wildman–Crippen LogP) is 2.85. The van der Waals surface area contributed by atoms with Crippen molar-refractivity contribution < 1.29 is 27.5 Å². The molecule has 4 N–H and O–H groups in total. The molecule has 1 aliphatic rings. The lowest BCUT2D eigenvalue weighted by Crippen LogP contribution is -2.34. The molecule has 0 aromatic carbocycles. The molecule has 0 spiro atoms. The maximum atomic E-state index is 12.9. The van der Waals surface area contributed by atoms with Crippen LogP contribution in [0.5, 0.6) is 5.88 Å². The van der Waals surface area contributed by atoms with E-state index in [1.165, 1.54) is 12.4 Å². The highest BCUT2D eigenvalue weighted by Gasteiger charge is 2.31. The van der Waals surface area contributed by atoms with E-state index in [0.29, 0.717) is 23.8 Å². The van der Waals surface area contributed by atoms with Gasteiger partial charge >= 0.3 is 6.18 Å². The quantitative estimate of drug-likeness (QED) is 0.431. The van der Waals surface area contributed by atoms with Gasteiger partial charge in [-0.1, -0.05) is 0 Å². The van der Waals surface area contributed by atoms with E-state index in [4.69, 9.17) is 4.74 Å². The number of ether oxygens (including phenoxy) is 1. The summed E-state index contributed by atoms with van der Waals surface area (Å²) in [5, 5.41) is 14.5. The van der Waals surface area contributed by atoms with Crippen LogP contribution in [0, 0.1) is 0 Å². The van der Waals surface area contributed by atoms with Crippen LogP contribution in [0.2, 0.25) is 0 Å². The number of alkyl halides is 3. The first-order valence-corrected chi connectivity index (χ1v) is 10.3. The van der Waals surface area contributed by atoms with Crippen molar-refractivity contribution in [2.75, 3.05) is 23.7 Å². The number of H-pyrrole nitrogens is 1. The molecule has 178 valence electrons. The number of anilines is 2. The van der Waals surface area contributed by atoms with E-state index >= 15 is 0 Å². The van der Waals surface area contributed by atoms with Crippen LogP contribution in [-0.2, 0) is 6.18 Å². The maximum Gasteiger partial charge on any atom is 0.417 e. The number of hydrogen-bond donors (Lipinski definition) is 4. The molecule has 0 atom stereocenters. The summed E-state index contributed by atoms with van der Waals surface area (Å²) in [6.07, 6.45) is 1.46. The van der Waals surface area contributed by atoms with E-state index in [1.807, 2.05) is 0 Å². The van der Waals surface area contributed by atoms with Gasteiger partial charge in [0.05, 0.1) is 28.7 Å². The third kappa shape index (κ3) is 5.67. The minimum atomic E-state index is -4.65. The summed E-state index contributed by atoms with van der Waals surface area (Å²) < 4.78 is 44.4. The molecule has 4 rings (SSSR count). The number of halogens is 3. The smallest absolute Gasteiger partial charge is 0.417 e. The van der Waals surface area contributed by atoms with Crippen molar-refractivity contribution in [3.63, 3.8) is 0 Å². The molecule has 3 aromatic rings. The second-order valence-electron chi connectivity index (χ2n) is 7.47. The third-order valence-corrected chi connectivity index (χ3v) is 5.00. The zero-order chi connectivity index (χ0) is 24.1. The van der Waals surface area contributed by atoms with E-state index in [9.17, 15) is 22.8 Å². The van der Waals surface area contributed by atoms with Crippen LogP contribution in [0.1, 0.15) is 39.3 Å². The average molecular weight is 475 g/mol. The maximum absolute atomic E-state index is 12.9. The number of hydrogen-bond acceptors (Lipinski definition) is 7.